The lowest BCUT2D eigenvalue weighted by molar-refractivity contribution is -0.116. The second-order valence-electron chi connectivity index (χ2n) is 8.09. The Kier molecular flexibility index (Phi) is 6.63. The standard InChI is InChI=1S/C25H25FN4O3/c1-17-15-22(28-30(17)16-18-9-4-7-12-21(18)26)27-23(31)13-3-2-8-14-29-24(32)19-10-5-6-11-20(19)25(29)33/h4-7,9-12,15H,2-3,8,13-14,16H2,1H3,(H,27,28,31). The van der Waals surface area contributed by atoms with Gasteiger partial charge in [0.25, 0.3) is 11.8 Å². The number of hydrogen-bond acceptors (Lipinski definition) is 4. The number of unbranched alkanes of at least 4 members (excludes halogenated alkanes) is 2. The van der Waals surface area contributed by atoms with E-state index in [4.69, 9.17) is 0 Å². The number of aromatic nitrogens is 2. The predicted octanol–water partition coefficient (Wildman–Crippen LogP) is 4.17. The molecule has 0 unspecified atom stereocenters. The highest BCUT2D eigenvalue weighted by Crippen LogP contribution is 2.23. The highest BCUT2D eigenvalue weighted by atomic mass is 19.1. The first-order valence-electron chi connectivity index (χ1n) is 11.0. The summed E-state index contributed by atoms with van der Waals surface area (Å²) in [7, 11) is 0. The number of imide groups is 1. The highest BCUT2D eigenvalue weighted by molar-refractivity contribution is 6.21. The molecule has 0 saturated heterocycles. The Balaban J connectivity index is 1.20. The first-order chi connectivity index (χ1) is 15.9. The van der Waals surface area contributed by atoms with E-state index in [0.717, 1.165) is 5.69 Å². The number of benzene rings is 2. The molecule has 3 amide bonds. The van der Waals surface area contributed by atoms with Crippen LogP contribution in [0.4, 0.5) is 10.2 Å². The summed E-state index contributed by atoms with van der Waals surface area (Å²) >= 11 is 0. The molecule has 1 aliphatic heterocycles. The molecule has 0 bridgehead atoms. The maximum absolute atomic E-state index is 13.9. The summed E-state index contributed by atoms with van der Waals surface area (Å²) in [6, 6.07) is 15.1. The molecule has 7 nitrogen and oxygen atoms in total. The summed E-state index contributed by atoms with van der Waals surface area (Å²) in [5, 5.41) is 7.13. The molecule has 1 N–H and O–H groups in total. The molecule has 4 rings (SSSR count). The van der Waals surface area contributed by atoms with Crippen LogP contribution in [0, 0.1) is 12.7 Å². The van der Waals surface area contributed by atoms with Gasteiger partial charge in [-0.3, -0.25) is 24.0 Å². The van der Waals surface area contributed by atoms with Crippen molar-refractivity contribution in [2.75, 3.05) is 11.9 Å². The van der Waals surface area contributed by atoms with Crippen LogP contribution >= 0.6 is 0 Å². The lowest BCUT2D eigenvalue weighted by Crippen LogP contribution is -2.30. The smallest absolute Gasteiger partial charge is 0.261 e. The van der Waals surface area contributed by atoms with Crippen molar-refractivity contribution in [3.8, 4) is 0 Å². The van der Waals surface area contributed by atoms with Crippen molar-refractivity contribution in [2.24, 2.45) is 0 Å². The van der Waals surface area contributed by atoms with E-state index >= 15 is 0 Å². The molecule has 2 aromatic carbocycles. The zero-order valence-electron chi connectivity index (χ0n) is 18.4. The number of aryl methyl sites for hydroxylation is 1. The average Bonchev–Trinajstić information content (AvgIpc) is 3.26. The summed E-state index contributed by atoms with van der Waals surface area (Å²) in [6.07, 6.45) is 2.28. The number of carbonyl (C=O) groups is 3. The first kappa shape index (κ1) is 22.4. The molecule has 0 saturated carbocycles. The van der Waals surface area contributed by atoms with Crippen LogP contribution in [0.1, 0.15) is 57.7 Å². The lowest BCUT2D eigenvalue weighted by Gasteiger charge is -2.13. The van der Waals surface area contributed by atoms with Crippen LogP contribution in [-0.2, 0) is 11.3 Å². The van der Waals surface area contributed by atoms with Crippen molar-refractivity contribution in [2.45, 2.75) is 39.2 Å². The molecule has 0 radical (unpaired) electrons. The van der Waals surface area contributed by atoms with E-state index in [1.54, 1.807) is 53.2 Å². The van der Waals surface area contributed by atoms with E-state index in [9.17, 15) is 18.8 Å². The van der Waals surface area contributed by atoms with Crippen molar-refractivity contribution in [3.63, 3.8) is 0 Å². The van der Waals surface area contributed by atoms with Crippen molar-refractivity contribution >= 4 is 23.5 Å². The SMILES string of the molecule is Cc1cc(NC(=O)CCCCCN2C(=O)c3ccccc3C2=O)nn1Cc1ccccc1F. The molecule has 0 spiro atoms. The number of hydrogen-bond donors (Lipinski definition) is 1. The number of amides is 3. The van der Waals surface area contributed by atoms with E-state index in [-0.39, 0.29) is 30.1 Å². The van der Waals surface area contributed by atoms with Crippen LogP contribution in [0.15, 0.2) is 54.6 Å². The Hall–Kier alpha value is -3.81. The van der Waals surface area contributed by atoms with Crippen LogP contribution in [0.3, 0.4) is 0 Å². The van der Waals surface area contributed by atoms with Gasteiger partial charge in [0.1, 0.15) is 5.82 Å². The van der Waals surface area contributed by atoms with Gasteiger partial charge < -0.3 is 5.32 Å². The van der Waals surface area contributed by atoms with Gasteiger partial charge in [-0.05, 0) is 38.0 Å². The fourth-order valence-corrected chi connectivity index (χ4v) is 3.90. The summed E-state index contributed by atoms with van der Waals surface area (Å²) in [4.78, 5) is 38.3. The average molecular weight is 448 g/mol. The van der Waals surface area contributed by atoms with Gasteiger partial charge in [0.2, 0.25) is 5.91 Å². The number of anilines is 1. The molecule has 3 aromatic rings. The van der Waals surface area contributed by atoms with Crippen LogP contribution in [-0.4, -0.2) is 38.9 Å². The van der Waals surface area contributed by atoms with Crippen LogP contribution in [0.25, 0.3) is 0 Å². The molecule has 8 heteroatoms. The molecule has 33 heavy (non-hydrogen) atoms. The molecule has 1 aliphatic rings. The van der Waals surface area contributed by atoms with Gasteiger partial charge in [0.15, 0.2) is 5.82 Å². The quantitative estimate of drug-likeness (QED) is 0.393. The van der Waals surface area contributed by atoms with E-state index < -0.39 is 0 Å². The van der Waals surface area contributed by atoms with E-state index in [1.165, 1.54) is 11.0 Å². The number of rotatable bonds is 9. The molecular formula is C25H25FN4O3. The normalized spacial score (nSPS) is 12.8. The summed E-state index contributed by atoms with van der Waals surface area (Å²) in [5.74, 6) is -0.533. The Bertz CT molecular complexity index is 1170. The zero-order valence-corrected chi connectivity index (χ0v) is 18.4. The van der Waals surface area contributed by atoms with Crippen LogP contribution in [0.5, 0.6) is 0 Å². The number of carbonyl (C=O) groups excluding carboxylic acids is 3. The first-order valence-corrected chi connectivity index (χ1v) is 11.0. The Morgan fingerprint density at radius 2 is 1.64 bits per heavy atom. The second kappa shape index (κ2) is 9.77. The van der Waals surface area contributed by atoms with Crippen molar-refractivity contribution < 1.29 is 18.8 Å². The number of halogens is 1. The maximum Gasteiger partial charge on any atom is 0.261 e. The number of nitrogens with one attached hydrogen (secondary N) is 1. The Morgan fingerprint density at radius 3 is 2.33 bits per heavy atom. The lowest BCUT2D eigenvalue weighted by atomic mass is 10.1. The van der Waals surface area contributed by atoms with Gasteiger partial charge in [-0.1, -0.05) is 36.8 Å². The van der Waals surface area contributed by atoms with Gasteiger partial charge >= 0.3 is 0 Å². The van der Waals surface area contributed by atoms with Gasteiger partial charge in [0.05, 0.1) is 17.7 Å². The molecule has 170 valence electrons. The highest BCUT2D eigenvalue weighted by Gasteiger charge is 2.34. The number of fused-ring (bicyclic) bond motifs is 1. The van der Waals surface area contributed by atoms with Gasteiger partial charge in [-0.25, -0.2) is 4.39 Å². The number of nitrogens with zero attached hydrogens (tertiary/aromatic N) is 3. The zero-order chi connectivity index (χ0) is 23.4. The monoisotopic (exact) mass is 448 g/mol. The van der Waals surface area contributed by atoms with Crippen LogP contribution in [0.2, 0.25) is 0 Å². The third-order valence-electron chi connectivity index (χ3n) is 5.69. The fraction of sp³-hybridized carbons (Fsp3) is 0.280. The molecular weight excluding hydrogens is 423 g/mol. The predicted molar refractivity (Wildman–Crippen MR) is 121 cm³/mol. The minimum absolute atomic E-state index is 0.161. The van der Waals surface area contributed by atoms with Crippen molar-refractivity contribution in [1.82, 2.24) is 14.7 Å². The minimum Gasteiger partial charge on any atom is -0.309 e. The van der Waals surface area contributed by atoms with Gasteiger partial charge in [-0.2, -0.15) is 5.10 Å². The molecule has 2 heterocycles. The minimum atomic E-state index is -0.292. The topological polar surface area (TPSA) is 84.3 Å². The maximum atomic E-state index is 13.9. The van der Waals surface area contributed by atoms with Crippen molar-refractivity contribution in [3.05, 3.63) is 82.8 Å². The summed E-state index contributed by atoms with van der Waals surface area (Å²) in [5.41, 5.74) is 2.24. The second-order valence-corrected chi connectivity index (χ2v) is 8.09. The molecule has 0 atom stereocenters. The largest absolute Gasteiger partial charge is 0.309 e. The Morgan fingerprint density at radius 1 is 0.970 bits per heavy atom. The molecule has 0 aliphatic carbocycles. The van der Waals surface area contributed by atoms with Crippen LogP contribution < -0.4 is 5.32 Å². The van der Waals surface area contributed by atoms with E-state index in [0.29, 0.717) is 54.7 Å². The van der Waals surface area contributed by atoms with Gasteiger partial charge in [-0.15, -0.1) is 0 Å². The summed E-state index contributed by atoms with van der Waals surface area (Å²) < 4.78 is 15.5. The van der Waals surface area contributed by atoms with Crippen molar-refractivity contribution in [1.29, 1.82) is 0 Å². The third kappa shape index (κ3) is 5.00. The van der Waals surface area contributed by atoms with Gasteiger partial charge in [0, 0.05) is 30.3 Å². The summed E-state index contributed by atoms with van der Waals surface area (Å²) in [6.45, 7) is 2.47. The molecule has 0 fully saturated rings. The van der Waals surface area contributed by atoms with E-state index in [1.807, 2.05) is 6.92 Å². The Labute approximate surface area is 191 Å². The van der Waals surface area contributed by atoms with E-state index in [2.05, 4.69) is 10.4 Å². The molecule has 1 aromatic heterocycles. The third-order valence-corrected chi connectivity index (χ3v) is 5.69. The fourth-order valence-electron chi connectivity index (χ4n) is 3.90.